The van der Waals surface area contributed by atoms with Crippen molar-refractivity contribution in [3.05, 3.63) is 36.1 Å². The van der Waals surface area contributed by atoms with Crippen LogP contribution >= 0.6 is 0 Å². The highest BCUT2D eigenvalue weighted by Gasteiger charge is 2.49. The second-order valence-electron chi connectivity index (χ2n) is 5.19. The summed E-state index contributed by atoms with van der Waals surface area (Å²) in [5.74, 6) is -0.566. The van der Waals surface area contributed by atoms with Crippen LogP contribution in [0.2, 0.25) is 0 Å². The number of aliphatic hydroxyl groups is 1. The zero-order valence-electron chi connectivity index (χ0n) is 13.4. The van der Waals surface area contributed by atoms with Crippen molar-refractivity contribution in [3.63, 3.8) is 0 Å². The van der Waals surface area contributed by atoms with Gasteiger partial charge in [0.25, 0.3) is 5.89 Å². The van der Waals surface area contributed by atoms with Gasteiger partial charge in [-0.3, -0.25) is 4.98 Å². The van der Waals surface area contributed by atoms with Crippen LogP contribution in [0.15, 0.2) is 34.0 Å². The van der Waals surface area contributed by atoms with E-state index in [4.69, 9.17) is 13.9 Å². The number of anilines is 1. The van der Waals surface area contributed by atoms with Gasteiger partial charge in [0, 0.05) is 5.69 Å². The summed E-state index contributed by atoms with van der Waals surface area (Å²) in [4.78, 5) is 20.0. The molecule has 126 valence electrons. The number of hydrazone groups is 1. The number of carbonyl (C=O) groups excluding carboxylic acids is 1. The average molecular weight is 332 g/mol. The summed E-state index contributed by atoms with van der Waals surface area (Å²) in [6.45, 7) is 1.84. The largest absolute Gasteiger partial charge is 0.467 e. The van der Waals surface area contributed by atoms with Crippen LogP contribution in [-0.2, 0) is 15.3 Å². The van der Waals surface area contributed by atoms with Crippen LogP contribution in [0.5, 0.6) is 5.95 Å². The molecule has 9 heteroatoms. The highest BCUT2D eigenvalue weighted by Crippen LogP contribution is 2.39. The van der Waals surface area contributed by atoms with E-state index in [0.717, 1.165) is 5.69 Å². The van der Waals surface area contributed by atoms with Crippen molar-refractivity contribution >= 4 is 17.4 Å². The van der Waals surface area contributed by atoms with E-state index in [0.29, 0.717) is 5.69 Å². The summed E-state index contributed by atoms with van der Waals surface area (Å²) in [6, 6.07) is 3.48. The fourth-order valence-electron chi connectivity index (χ4n) is 2.34. The van der Waals surface area contributed by atoms with Crippen LogP contribution in [0.25, 0.3) is 0 Å². The topological polar surface area (TPSA) is 110 Å². The molecule has 1 aliphatic rings. The average Bonchev–Trinajstić information content (AvgIpc) is 3.20. The van der Waals surface area contributed by atoms with Gasteiger partial charge in [0.1, 0.15) is 6.20 Å². The van der Waals surface area contributed by atoms with Crippen LogP contribution < -0.4 is 9.75 Å². The zero-order chi connectivity index (χ0) is 17.3. The molecule has 1 unspecified atom stereocenters. The van der Waals surface area contributed by atoms with Crippen molar-refractivity contribution in [3.8, 4) is 5.95 Å². The Hall–Kier alpha value is -2.94. The molecule has 0 aliphatic carbocycles. The van der Waals surface area contributed by atoms with Gasteiger partial charge < -0.3 is 19.0 Å². The third-order valence-corrected chi connectivity index (χ3v) is 3.57. The molecule has 0 bridgehead atoms. The van der Waals surface area contributed by atoms with E-state index in [9.17, 15) is 9.90 Å². The molecule has 1 N–H and O–H groups in total. The SMILES string of the molecule is COC(=O)C1=NN(c2ccc(C)nc2)C(O)(c2ncc(OC)o2)C1. The van der Waals surface area contributed by atoms with E-state index in [1.807, 2.05) is 6.92 Å². The summed E-state index contributed by atoms with van der Waals surface area (Å²) in [6.07, 6.45) is 2.70. The number of aryl methyl sites for hydroxylation is 1. The minimum absolute atomic E-state index is 0.0396. The first kappa shape index (κ1) is 15.9. The number of nitrogens with zero attached hydrogens (tertiary/aromatic N) is 4. The van der Waals surface area contributed by atoms with Crippen LogP contribution in [0.1, 0.15) is 18.0 Å². The lowest BCUT2D eigenvalue weighted by Crippen LogP contribution is -2.40. The lowest BCUT2D eigenvalue weighted by atomic mass is 10.1. The molecule has 0 spiro atoms. The minimum atomic E-state index is -1.79. The Balaban J connectivity index is 2.05. The first-order valence-electron chi connectivity index (χ1n) is 7.09. The van der Waals surface area contributed by atoms with Crippen molar-refractivity contribution in [1.82, 2.24) is 9.97 Å². The van der Waals surface area contributed by atoms with Crippen molar-refractivity contribution in [2.24, 2.45) is 5.10 Å². The molecule has 3 rings (SSSR count). The number of pyridine rings is 1. The van der Waals surface area contributed by atoms with Gasteiger partial charge in [-0.05, 0) is 19.1 Å². The molecule has 0 aromatic carbocycles. The van der Waals surface area contributed by atoms with E-state index in [2.05, 4.69) is 15.1 Å². The monoisotopic (exact) mass is 332 g/mol. The summed E-state index contributed by atoms with van der Waals surface area (Å²) in [7, 11) is 2.66. The fourth-order valence-corrected chi connectivity index (χ4v) is 2.34. The van der Waals surface area contributed by atoms with Crippen LogP contribution in [-0.4, -0.2) is 41.0 Å². The summed E-state index contributed by atoms with van der Waals surface area (Å²) < 4.78 is 15.0. The molecule has 24 heavy (non-hydrogen) atoms. The fraction of sp³-hybridized carbons (Fsp3) is 0.333. The van der Waals surface area contributed by atoms with Gasteiger partial charge in [-0.2, -0.15) is 5.10 Å². The Bertz CT molecular complexity index is 785. The first-order valence-corrected chi connectivity index (χ1v) is 7.09. The maximum absolute atomic E-state index is 11.8. The lowest BCUT2D eigenvalue weighted by Gasteiger charge is -2.29. The van der Waals surface area contributed by atoms with Crippen molar-refractivity contribution in [1.29, 1.82) is 0 Å². The van der Waals surface area contributed by atoms with Crippen molar-refractivity contribution in [2.45, 2.75) is 19.1 Å². The number of ether oxygens (including phenoxy) is 2. The van der Waals surface area contributed by atoms with E-state index >= 15 is 0 Å². The van der Waals surface area contributed by atoms with Gasteiger partial charge >= 0.3 is 11.9 Å². The molecule has 0 saturated heterocycles. The predicted octanol–water partition coefficient (Wildman–Crippen LogP) is 0.971. The lowest BCUT2D eigenvalue weighted by molar-refractivity contribution is -0.133. The van der Waals surface area contributed by atoms with E-state index in [1.54, 1.807) is 12.1 Å². The first-order chi connectivity index (χ1) is 11.5. The number of oxazole rings is 1. The second kappa shape index (κ2) is 5.93. The second-order valence-corrected chi connectivity index (χ2v) is 5.19. The van der Waals surface area contributed by atoms with Crippen LogP contribution in [0, 0.1) is 6.92 Å². The molecule has 1 aliphatic heterocycles. The maximum Gasteiger partial charge on any atom is 0.354 e. The summed E-state index contributed by atoms with van der Waals surface area (Å²) in [5.41, 5.74) is -0.481. The molecule has 9 nitrogen and oxygen atoms in total. The van der Waals surface area contributed by atoms with Gasteiger partial charge in [-0.1, -0.05) is 0 Å². The Morgan fingerprint density at radius 1 is 1.33 bits per heavy atom. The highest BCUT2D eigenvalue weighted by molar-refractivity contribution is 6.37. The Morgan fingerprint density at radius 2 is 2.12 bits per heavy atom. The van der Waals surface area contributed by atoms with Gasteiger partial charge in [0.2, 0.25) is 5.72 Å². The quantitative estimate of drug-likeness (QED) is 0.825. The zero-order valence-corrected chi connectivity index (χ0v) is 13.4. The van der Waals surface area contributed by atoms with E-state index in [1.165, 1.54) is 31.6 Å². The number of carbonyl (C=O) groups is 1. The number of hydrogen-bond donors (Lipinski definition) is 1. The maximum atomic E-state index is 11.8. The van der Waals surface area contributed by atoms with Crippen molar-refractivity contribution < 1.29 is 23.8 Å². The number of rotatable bonds is 4. The standard InChI is InChI=1S/C15H16N4O5/c1-9-4-5-10(7-16-9)19-15(21,6-11(18-19)13(20)23-3)14-17-8-12(22-2)24-14/h4-5,7-8,21H,6H2,1-3H3. The molecule has 2 aromatic rings. The van der Waals surface area contributed by atoms with E-state index in [-0.39, 0.29) is 24.0 Å². The predicted molar refractivity (Wildman–Crippen MR) is 82.5 cm³/mol. The Labute approximate surface area is 137 Å². The molecular formula is C15H16N4O5. The summed E-state index contributed by atoms with van der Waals surface area (Å²) >= 11 is 0. The molecule has 0 saturated carbocycles. The number of methoxy groups -OCH3 is 2. The van der Waals surface area contributed by atoms with E-state index < -0.39 is 11.7 Å². The minimum Gasteiger partial charge on any atom is -0.467 e. The smallest absolute Gasteiger partial charge is 0.354 e. The Morgan fingerprint density at radius 3 is 2.71 bits per heavy atom. The molecule has 3 heterocycles. The van der Waals surface area contributed by atoms with Gasteiger partial charge in [0.05, 0.1) is 32.5 Å². The Kier molecular flexibility index (Phi) is 3.94. The third-order valence-electron chi connectivity index (χ3n) is 3.57. The third kappa shape index (κ3) is 2.58. The van der Waals surface area contributed by atoms with Crippen molar-refractivity contribution in [2.75, 3.05) is 19.2 Å². The van der Waals surface area contributed by atoms with Gasteiger partial charge in [0.15, 0.2) is 5.71 Å². The van der Waals surface area contributed by atoms with Gasteiger partial charge in [-0.25, -0.2) is 14.8 Å². The molecule has 0 fully saturated rings. The van der Waals surface area contributed by atoms with Crippen LogP contribution in [0.4, 0.5) is 5.69 Å². The number of esters is 1. The number of hydrogen-bond acceptors (Lipinski definition) is 9. The molecule has 2 aromatic heterocycles. The normalized spacial score (nSPS) is 20.0. The molecular weight excluding hydrogens is 316 g/mol. The highest BCUT2D eigenvalue weighted by atomic mass is 16.6. The van der Waals surface area contributed by atoms with Gasteiger partial charge in [-0.15, -0.1) is 0 Å². The molecule has 1 atom stereocenters. The summed E-state index contributed by atoms with van der Waals surface area (Å²) in [5, 5.41) is 16.5. The van der Waals surface area contributed by atoms with Crippen LogP contribution in [0.3, 0.4) is 0 Å². The molecule has 0 radical (unpaired) electrons. The molecule has 0 amide bonds. The number of aromatic nitrogens is 2.